The predicted molar refractivity (Wildman–Crippen MR) is 68.1 cm³/mol. The van der Waals surface area contributed by atoms with E-state index in [4.69, 9.17) is 4.74 Å². The van der Waals surface area contributed by atoms with Gasteiger partial charge in [-0.15, -0.1) is 0 Å². The Bertz CT molecular complexity index is 227. The van der Waals surface area contributed by atoms with E-state index in [1.165, 1.54) is 12.8 Å². The van der Waals surface area contributed by atoms with Gasteiger partial charge in [0.15, 0.2) is 0 Å². The van der Waals surface area contributed by atoms with Crippen LogP contribution in [0.4, 0.5) is 0 Å². The van der Waals surface area contributed by atoms with E-state index < -0.39 is 0 Å². The minimum absolute atomic E-state index is 0.0759. The molecule has 0 bridgehead atoms. The van der Waals surface area contributed by atoms with Gasteiger partial charge in [0.1, 0.15) is 0 Å². The fraction of sp³-hybridized carbons (Fsp3) is 1.00. The number of ether oxygens (including phenoxy) is 1. The Morgan fingerprint density at radius 2 is 2.06 bits per heavy atom. The van der Waals surface area contributed by atoms with Crippen LogP contribution in [0.15, 0.2) is 0 Å². The van der Waals surface area contributed by atoms with Gasteiger partial charge in [-0.1, -0.05) is 0 Å². The normalized spacial score (nSPS) is 25.8. The van der Waals surface area contributed by atoms with Gasteiger partial charge in [-0.2, -0.15) is 0 Å². The zero-order valence-electron chi connectivity index (χ0n) is 11.0. The Morgan fingerprint density at radius 3 is 2.65 bits per heavy atom. The van der Waals surface area contributed by atoms with Crippen molar-refractivity contribution in [1.82, 2.24) is 10.2 Å². The average Bonchev–Trinajstić information content (AvgIpc) is 3.14. The maximum absolute atomic E-state index is 9.50. The van der Waals surface area contributed by atoms with Crippen LogP contribution in [-0.2, 0) is 4.74 Å². The lowest BCUT2D eigenvalue weighted by Crippen LogP contribution is -2.47. The molecule has 4 nitrogen and oxygen atoms in total. The minimum Gasteiger partial charge on any atom is -0.394 e. The highest BCUT2D eigenvalue weighted by Gasteiger charge is 2.31. The lowest BCUT2D eigenvalue weighted by molar-refractivity contribution is 0.0354. The summed E-state index contributed by atoms with van der Waals surface area (Å²) in [6.07, 6.45) is 4.76. The molecule has 17 heavy (non-hydrogen) atoms. The number of nitrogens with one attached hydrogen (secondary N) is 1. The second-order valence-electron chi connectivity index (χ2n) is 5.69. The lowest BCUT2D eigenvalue weighted by atomic mass is 9.96. The quantitative estimate of drug-likeness (QED) is 0.686. The molecular formula is C13H26N2O2. The third kappa shape index (κ3) is 4.54. The van der Waals surface area contributed by atoms with Crippen LogP contribution < -0.4 is 5.32 Å². The van der Waals surface area contributed by atoms with E-state index in [2.05, 4.69) is 17.1 Å². The molecule has 4 heteroatoms. The smallest absolute Gasteiger partial charge is 0.0610 e. The first-order valence-electron chi connectivity index (χ1n) is 6.90. The first-order valence-corrected chi connectivity index (χ1v) is 6.90. The van der Waals surface area contributed by atoms with E-state index in [0.29, 0.717) is 6.04 Å². The average molecular weight is 242 g/mol. The fourth-order valence-corrected chi connectivity index (χ4v) is 2.43. The molecule has 100 valence electrons. The molecule has 1 aliphatic heterocycles. The number of hydrogen-bond acceptors (Lipinski definition) is 4. The summed E-state index contributed by atoms with van der Waals surface area (Å²) in [5.74, 6) is 0. The van der Waals surface area contributed by atoms with Gasteiger partial charge in [0.05, 0.1) is 19.8 Å². The van der Waals surface area contributed by atoms with E-state index in [0.717, 1.165) is 45.7 Å². The number of aliphatic hydroxyl groups is 1. The zero-order valence-corrected chi connectivity index (χ0v) is 11.0. The standard InChI is InChI=1S/C13H26N2O2/c1-13(11-16,14-12-3-4-12)5-2-6-15-7-9-17-10-8-15/h12,14,16H,2-11H2,1H3. The monoisotopic (exact) mass is 242 g/mol. The molecule has 0 radical (unpaired) electrons. The molecule has 0 aromatic carbocycles. The molecule has 1 aliphatic carbocycles. The van der Waals surface area contributed by atoms with Gasteiger partial charge >= 0.3 is 0 Å². The molecule has 0 amide bonds. The summed E-state index contributed by atoms with van der Waals surface area (Å²) in [7, 11) is 0. The summed E-state index contributed by atoms with van der Waals surface area (Å²) >= 11 is 0. The molecule has 2 rings (SSSR count). The summed E-state index contributed by atoms with van der Waals surface area (Å²) in [5.41, 5.74) is -0.0759. The largest absolute Gasteiger partial charge is 0.394 e. The Kier molecular flexibility index (Phi) is 4.79. The first kappa shape index (κ1) is 13.3. The van der Waals surface area contributed by atoms with Crippen molar-refractivity contribution in [2.75, 3.05) is 39.5 Å². The summed E-state index contributed by atoms with van der Waals surface area (Å²) in [6.45, 7) is 7.38. The Hall–Kier alpha value is -0.160. The van der Waals surface area contributed by atoms with E-state index in [1.807, 2.05) is 0 Å². The molecule has 1 atom stereocenters. The highest BCUT2D eigenvalue weighted by atomic mass is 16.5. The van der Waals surface area contributed by atoms with Gasteiger partial charge in [-0.25, -0.2) is 0 Å². The van der Waals surface area contributed by atoms with Crippen molar-refractivity contribution in [2.45, 2.75) is 44.2 Å². The second kappa shape index (κ2) is 6.14. The van der Waals surface area contributed by atoms with Crippen molar-refractivity contribution in [1.29, 1.82) is 0 Å². The van der Waals surface area contributed by atoms with Gasteiger partial charge in [0, 0.05) is 24.7 Å². The molecular weight excluding hydrogens is 216 g/mol. The van der Waals surface area contributed by atoms with Gasteiger partial charge in [0.2, 0.25) is 0 Å². The van der Waals surface area contributed by atoms with Crippen molar-refractivity contribution in [3.63, 3.8) is 0 Å². The summed E-state index contributed by atoms with van der Waals surface area (Å²) in [4.78, 5) is 2.46. The van der Waals surface area contributed by atoms with Crippen LogP contribution >= 0.6 is 0 Å². The highest BCUT2D eigenvalue weighted by Crippen LogP contribution is 2.24. The summed E-state index contributed by atoms with van der Waals surface area (Å²) < 4.78 is 5.34. The summed E-state index contributed by atoms with van der Waals surface area (Å²) in [6, 6.07) is 0.663. The molecule has 0 aromatic heterocycles. The van der Waals surface area contributed by atoms with Crippen LogP contribution in [0.3, 0.4) is 0 Å². The molecule has 1 saturated carbocycles. The van der Waals surface area contributed by atoms with Crippen LogP contribution in [0.25, 0.3) is 0 Å². The molecule has 1 heterocycles. The molecule has 2 aliphatic rings. The predicted octanol–water partition coefficient (Wildman–Crippen LogP) is 0.602. The van der Waals surface area contributed by atoms with Crippen LogP contribution in [0.5, 0.6) is 0 Å². The highest BCUT2D eigenvalue weighted by molar-refractivity contribution is 4.92. The number of nitrogens with zero attached hydrogens (tertiary/aromatic N) is 1. The van der Waals surface area contributed by atoms with E-state index in [1.54, 1.807) is 0 Å². The van der Waals surface area contributed by atoms with E-state index in [9.17, 15) is 5.11 Å². The SMILES string of the molecule is CC(CO)(CCCN1CCOCC1)NC1CC1. The van der Waals surface area contributed by atoms with Crippen LogP contribution in [-0.4, -0.2) is 61.0 Å². The van der Waals surface area contributed by atoms with Crippen LogP contribution in [0, 0.1) is 0 Å². The zero-order chi connectivity index (χ0) is 12.1. The van der Waals surface area contributed by atoms with Gasteiger partial charge in [-0.05, 0) is 39.2 Å². The molecule has 2 N–H and O–H groups in total. The van der Waals surface area contributed by atoms with E-state index >= 15 is 0 Å². The third-order valence-electron chi connectivity index (χ3n) is 3.79. The number of aliphatic hydroxyl groups excluding tert-OH is 1. The second-order valence-corrected chi connectivity index (χ2v) is 5.69. The number of morpholine rings is 1. The molecule has 1 saturated heterocycles. The maximum Gasteiger partial charge on any atom is 0.0610 e. The van der Waals surface area contributed by atoms with Crippen LogP contribution in [0.2, 0.25) is 0 Å². The Morgan fingerprint density at radius 1 is 1.35 bits per heavy atom. The van der Waals surface area contributed by atoms with Crippen LogP contribution in [0.1, 0.15) is 32.6 Å². The van der Waals surface area contributed by atoms with Gasteiger partial charge in [-0.3, -0.25) is 4.90 Å². The molecule has 0 spiro atoms. The first-order chi connectivity index (χ1) is 8.22. The summed E-state index contributed by atoms with van der Waals surface area (Å²) in [5, 5.41) is 13.1. The number of rotatable bonds is 7. The van der Waals surface area contributed by atoms with Gasteiger partial charge < -0.3 is 15.2 Å². The van der Waals surface area contributed by atoms with Crippen molar-refractivity contribution in [3.05, 3.63) is 0 Å². The minimum atomic E-state index is -0.0759. The number of hydrogen-bond donors (Lipinski definition) is 2. The van der Waals surface area contributed by atoms with Crippen molar-refractivity contribution in [3.8, 4) is 0 Å². The molecule has 0 aromatic rings. The Balaban J connectivity index is 1.64. The van der Waals surface area contributed by atoms with E-state index in [-0.39, 0.29) is 12.1 Å². The molecule has 1 unspecified atom stereocenters. The van der Waals surface area contributed by atoms with Crippen molar-refractivity contribution in [2.24, 2.45) is 0 Å². The molecule has 2 fully saturated rings. The fourth-order valence-electron chi connectivity index (χ4n) is 2.43. The van der Waals surface area contributed by atoms with Gasteiger partial charge in [0.25, 0.3) is 0 Å². The Labute approximate surface area is 104 Å². The van der Waals surface area contributed by atoms with Crippen molar-refractivity contribution >= 4 is 0 Å². The maximum atomic E-state index is 9.50. The lowest BCUT2D eigenvalue weighted by Gasteiger charge is -2.31. The topological polar surface area (TPSA) is 44.7 Å². The third-order valence-corrected chi connectivity index (χ3v) is 3.79. The van der Waals surface area contributed by atoms with Crippen molar-refractivity contribution < 1.29 is 9.84 Å².